The summed E-state index contributed by atoms with van der Waals surface area (Å²) in [4.78, 5) is 15.2. The van der Waals surface area contributed by atoms with Gasteiger partial charge in [-0.15, -0.1) is 0 Å². The summed E-state index contributed by atoms with van der Waals surface area (Å²) in [6.07, 6.45) is 5.57. The lowest BCUT2D eigenvalue weighted by Crippen LogP contribution is -2.48. The van der Waals surface area contributed by atoms with E-state index in [1.54, 1.807) is 0 Å². The van der Waals surface area contributed by atoms with E-state index in [1.165, 1.54) is 7.11 Å². The minimum atomic E-state index is -3.59. The minimum absolute atomic E-state index is 0.422. The fourth-order valence-corrected chi connectivity index (χ4v) is 2.07. The van der Waals surface area contributed by atoms with Gasteiger partial charge in [0.1, 0.15) is 0 Å². The zero-order valence-electron chi connectivity index (χ0n) is 13.7. The van der Waals surface area contributed by atoms with E-state index in [-0.39, 0.29) is 0 Å². The molecule has 0 aliphatic heterocycles. The van der Waals surface area contributed by atoms with Crippen molar-refractivity contribution in [2.24, 2.45) is 0 Å². The first-order chi connectivity index (χ1) is 10.2. The molecule has 0 aliphatic rings. The third-order valence-corrected chi connectivity index (χ3v) is 3.94. The molecule has 0 N–H and O–H groups in total. The van der Waals surface area contributed by atoms with Crippen molar-refractivity contribution >= 4 is 9.05 Å². The smallest absolute Gasteiger partial charge is 0.351 e. The van der Waals surface area contributed by atoms with E-state index in [0.717, 1.165) is 38.5 Å². The summed E-state index contributed by atoms with van der Waals surface area (Å²) < 4.78 is 20.7. The predicted molar refractivity (Wildman–Crippen MR) is 78.6 cm³/mol. The van der Waals surface area contributed by atoms with Crippen LogP contribution in [0.25, 0.3) is 0 Å². The number of rotatable bonds is 16. The molecule has 128 valence electrons. The average molecular weight is 326 g/mol. The fraction of sp³-hybridized carbons (Fsp3) is 1.00. The Balaban J connectivity index is 4.22. The molecule has 0 saturated heterocycles. The highest BCUT2D eigenvalue weighted by Crippen LogP contribution is 2.14. The van der Waals surface area contributed by atoms with Gasteiger partial charge in [-0.2, -0.15) is 13.7 Å². The van der Waals surface area contributed by atoms with Gasteiger partial charge in [-0.3, -0.25) is 0 Å². The molecule has 0 saturated carbocycles. The molecular formula is C13H30O7Si. The van der Waals surface area contributed by atoms with Gasteiger partial charge in [0.2, 0.25) is 0 Å². The molecule has 0 radical (unpaired) electrons. The van der Waals surface area contributed by atoms with Crippen LogP contribution in [0, 0.1) is 0 Å². The van der Waals surface area contributed by atoms with Gasteiger partial charge in [-0.05, 0) is 19.3 Å². The van der Waals surface area contributed by atoms with Gasteiger partial charge in [0, 0.05) is 7.11 Å². The van der Waals surface area contributed by atoms with Gasteiger partial charge >= 0.3 is 9.05 Å². The molecule has 0 amide bonds. The van der Waals surface area contributed by atoms with Crippen LogP contribution in [0.3, 0.4) is 0 Å². The fourth-order valence-electron chi connectivity index (χ4n) is 1.10. The maximum Gasteiger partial charge on any atom is 0.764 e. The van der Waals surface area contributed by atoms with Gasteiger partial charge in [0.15, 0.2) is 0 Å². The first kappa shape index (κ1) is 20.9. The first-order valence-corrected chi connectivity index (χ1v) is 9.35. The zero-order chi connectivity index (χ0) is 15.8. The molecule has 0 aromatic carbocycles. The molecule has 0 atom stereocenters. The van der Waals surface area contributed by atoms with Crippen LogP contribution < -0.4 is 0 Å². The van der Waals surface area contributed by atoms with E-state index >= 15 is 0 Å². The standard InChI is InChI=1S/C13H30O7Si/c1-5-8-11-15-18-21(14-4,19-16-12-9-6-2)20-17-13-10-7-3/h5-13H2,1-4H3. The van der Waals surface area contributed by atoms with Crippen LogP contribution >= 0.6 is 0 Å². The normalized spacial score (nSPS) is 12.0. The molecule has 8 heteroatoms. The molecular weight excluding hydrogens is 296 g/mol. The molecule has 0 aromatic heterocycles. The maximum absolute atomic E-state index is 5.18. The Kier molecular flexibility index (Phi) is 14.8. The Labute approximate surface area is 129 Å². The Morgan fingerprint density at radius 3 is 1.19 bits per heavy atom. The number of hydrogen-bond donors (Lipinski definition) is 0. The van der Waals surface area contributed by atoms with Crippen LogP contribution in [0.1, 0.15) is 59.3 Å². The van der Waals surface area contributed by atoms with Crippen LogP contribution in [0.4, 0.5) is 0 Å². The Hall–Kier alpha value is -0.0631. The summed E-state index contributed by atoms with van der Waals surface area (Å²) in [5.41, 5.74) is 0. The predicted octanol–water partition coefficient (Wildman–Crippen LogP) is 3.31. The van der Waals surface area contributed by atoms with Crippen molar-refractivity contribution in [2.75, 3.05) is 26.9 Å². The molecule has 0 fully saturated rings. The molecule has 0 rings (SSSR count). The van der Waals surface area contributed by atoms with Crippen molar-refractivity contribution in [3.8, 4) is 0 Å². The largest absolute Gasteiger partial charge is 0.764 e. The lowest BCUT2D eigenvalue weighted by Gasteiger charge is -2.22. The first-order valence-electron chi connectivity index (χ1n) is 7.71. The van der Waals surface area contributed by atoms with Gasteiger partial charge in [-0.1, -0.05) is 40.0 Å². The third kappa shape index (κ3) is 11.2. The SMILES string of the molecule is CCCCOO[Si](OC)(OOCCCC)OOCCCC. The summed E-state index contributed by atoms with van der Waals surface area (Å²) >= 11 is 0. The van der Waals surface area contributed by atoms with Crippen molar-refractivity contribution in [1.29, 1.82) is 0 Å². The van der Waals surface area contributed by atoms with Crippen molar-refractivity contribution in [3.05, 3.63) is 0 Å². The van der Waals surface area contributed by atoms with Crippen molar-refractivity contribution < 1.29 is 32.8 Å². The second-order valence-corrected chi connectivity index (χ2v) is 6.39. The Morgan fingerprint density at radius 1 is 0.619 bits per heavy atom. The molecule has 7 nitrogen and oxygen atoms in total. The molecule has 0 aromatic rings. The summed E-state index contributed by atoms with van der Waals surface area (Å²) in [5, 5.41) is 0. The van der Waals surface area contributed by atoms with Gasteiger partial charge in [-0.25, -0.2) is 14.7 Å². The lowest BCUT2D eigenvalue weighted by molar-refractivity contribution is -0.386. The van der Waals surface area contributed by atoms with Crippen LogP contribution in [0.2, 0.25) is 0 Å². The van der Waals surface area contributed by atoms with Crippen LogP contribution in [0.15, 0.2) is 0 Å². The van der Waals surface area contributed by atoms with E-state index in [4.69, 9.17) is 32.8 Å². The quantitative estimate of drug-likeness (QED) is 0.186. The second-order valence-electron chi connectivity index (χ2n) is 4.48. The Bertz CT molecular complexity index is 187. The molecule has 0 bridgehead atoms. The van der Waals surface area contributed by atoms with Crippen molar-refractivity contribution in [2.45, 2.75) is 59.3 Å². The van der Waals surface area contributed by atoms with Gasteiger partial charge in [0.25, 0.3) is 0 Å². The summed E-state index contributed by atoms with van der Waals surface area (Å²) in [6.45, 7) is 7.43. The average Bonchev–Trinajstić information content (AvgIpc) is 2.51. The summed E-state index contributed by atoms with van der Waals surface area (Å²) in [7, 11) is -2.18. The van der Waals surface area contributed by atoms with E-state index in [9.17, 15) is 0 Å². The van der Waals surface area contributed by atoms with E-state index < -0.39 is 9.05 Å². The lowest BCUT2D eigenvalue weighted by atomic mass is 10.4. The molecule has 0 aliphatic carbocycles. The topological polar surface area (TPSA) is 64.6 Å². The molecule has 21 heavy (non-hydrogen) atoms. The van der Waals surface area contributed by atoms with Gasteiger partial charge in [0.05, 0.1) is 19.8 Å². The number of hydrogen-bond acceptors (Lipinski definition) is 7. The third-order valence-electron chi connectivity index (χ3n) is 2.48. The zero-order valence-corrected chi connectivity index (χ0v) is 14.7. The second kappa shape index (κ2) is 14.9. The highest BCUT2D eigenvalue weighted by molar-refractivity contribution is 6.52. The number of unbranched alkanes of at least 4 members (excludes halogenated alkanes) is 3. The van der Waals surface area contributed by atoms with Crippen LogP contribution in [0.5, 0.6) is 0 Å². The van der Waals surface area contributed by atoms with Crippen LogP contribution in [-0.2, 0) is 32.8 Å². The van der Waals surface area contributed by atoms with Gasteiger partial charge < -0.3 is 4.43 Å². The van der Waals surface area contributed by atoms with E-state index in [2.05, 4.69) is 20.8 Å². The maximum atomic E-state index is 5.18. The highest BCUT2D eigenvalue weighted by atomic mass is 28.4. The highest BCUT2D eigenvalue weighted by Gasteiger charge is 2.51. The summed E-state index contributed by atoms with van der Waals surface area (Å²) in [5.74, 6) is 0. The van der Waals surface area contributed by atoms with Crippen LogP contribution in [-0.4, -0.2) is 36.0 Å². The molecule has 0 heterocycles. The van der Waals surface area contributed by atoms with E-state index in [1.807, 2.05) is 0 Å². The van der Waals surface area contributed by atoms with Crippen molar-refractivity contribution in [3.63, 3.8) is 0 Å². The monoisotopic (exact) mass is 326 g/mol. The van der Waals surface area contributed by atoms with E-state index in [0.29, 0.717) is 19.8 Å². The Morgan fingerprint density at radius 2 is 0.952 bits per heavy atom. The minimum Gasteiger partial charge on any atom is -0.351 e. The van der Waals surface area contributed by atoms with Crippen molar-refractivity contribution in [1.82, 2.24) is 0 Å². The molecule has 0 unspecified atom stereocenters. The summed E-state index contributed by atoms with van der Waals surface area (Å²) in [6, 6.07) is 0. The molecule has 0 spiro atoms.